The van der Waals surface area contributed by atoms with Crippen molar-refractivity contribution < 1.29 is 9.53 Å². The molecule has 0 saturated carbocycles. The van der Waals surface area contributed by atoms with E-state index in [9.17, 15) is 9.59 Å². The predicted octanol–water partition coefficient (Wildman–Crippen LogP) is 6.74. The van der Waals surface area contributed by atoms with Crippen LogP contribution in [0.3, 0.4) is 0 Å². The monoisotopic (exact) mass is 644 g/mol. The fourth-order valence-electron chi connectivity index (χ4n) is 3.59. The van der Waals surface area contributed by atoms with Crippen LogP contribution in [0.25, 0.3) is 10.9 Å². The molecule has 1 aromatic heterocycles. The molecule has 1 heterocycles. The topological polar surface area (TPSA) is 85.6 Å². The molecular formula is C27H23Br2ClN4O3. The Hall–Kier alpha value is -3.01. The Morgan fingerprint density at radius 3 is 2.62 bits per heavy atom. The Morgan fingerprint density at radius 1 is 1.16 bits per heavy atom. The van der Waals surface area contributed by atoms with Gasteiger partial charge in [0.25, 0.3) is 11.5 Å². The molecule has 3 aromatic carbocycles. The van der Waals surface area contributed by atoms with E-state index in [2.05, 4.69) is 47.3 Å². The Labute approximate surface area is 235 Å². The molecule has 4 aromatic rings. The van der Waals surface area contributed by atoms with Gasteiger partial charge in [-0.3, -0.25) is 9.59 Å². The molecule has 37 heavy (non-hydrogen) atoms. The van der Waals surface area contributed by atoms with Gasteiger partial charge < -0.3 is 10.1 Å². The Bertz CT molecular complexity index is 1530. The first-order chi connectivity index (χ1) is 17.7. The lowest BCUT2D eigenvalue weighted by Crippen LogP contribution is -2.22. The van der Waals surface area contributed by atoms with Gasteiger partial charge in [0.05, 0.1) is 26.6 Å². The summed E-state index contributed by atoms with van der Waals surface area (Å²) in [6, 6.07) is 16.3. The highest BCUT2D eigenvalue weighted by molar-refractivity contribution is 9.10. The molecule has 4 rings (SSSR count). The van der Waals surface area contributed by atoms with E-state index < -0.39 is 0 Å². The summed E-state index contributed by atoms with van der Waals surface area (Å²) >= 11 is 13.3. The molecule has 10 heteroatoms. The summed E-state index contributed by atoms with van der Waals surface area (Å²) in [5.41, 5.74) is 2.80. The quantitative estimate of drug-likeness (QED) is 0.215. The zero-order valence-electron chi connectivity index (χ0n) is 20.1. The van der Waals surface area contributed by atoms with Crippen LogP contribution in [-0.2, 0) is 11.2 Å². The molecule has 0 unspecified atom stereocenters. The van der Waals surface area contributed by atoms with Gasteiger partial charge in [-0.25, -0.2) is 4.98 Å². The molecular weight excluding hydrogens is 624 g/mol. The minimum Gasteiger partial charge on any atom is -0.481 e. The number of amides is 1. The van der Waals surface area contributed by atoms with E-state index in [1.54, 1.807) is 18.2 Å². The highest BCUT2D eigenvalue weighted by atomic mass is 79.9. The fraction of sp³-hybridized carbons (Fsp3) is 0.185. The third-order valence-corrected chi connectivity index (χ3v) is 6.74. The van der Waals surface area contributed by atoms with Crippen LogP contribution in [0, 0.1) is 6.92 Å². The van der Waals surface area contributed by atoms with Crippen LogP contribution < -0.4 is 15.6 Å². The number of nitrogens with zero attached hydrogens (tertiary/aromatic N) is 3. The van der Waals surface area contributed by atoms with E-state index in [1.807, 2.05) is 50.2 Å². The number of rotatable bonds is 8. The zero-order valence-corrected chi connectivity index (χ0v) is 24.0. The van der Waals surface area contributed by atoms with Crippen molar-refractivity contribution in [1.82, 2.24) is 9.66 Å². The van der Waals surface area contributed by atoms with Crippen LogP contribution in [0.1, 0.15) is 30.3 Å². The molecule has 190 valence electrons. The van der Waals surface area contributed by atoms with E-state index in [0.29, 0.717) is 49.6 Å². The van der Waals surface area contributed by atoms with Gasteiger partial charge in [0.1, 0.15) is 5.82 Å². The first-order valence-electron chi connectivity index (χ1n) is 11.5. The maximum atomic E-state index is 13.2. The van der Waals surface area contributed by atoms with Crippen LogP contribution >= 0.6 is 43.5 Å². The van der Waals surface area contributed by atoms with Gasteiger partial charge in [0.15, 0.2) is 12.4 Å². The number of anilines is 1. The van der Waals surface area contributed by atoms with Gasteiger partial charge in [-0.1, -0.05) is 52.2 Å². The molecule has 1 amide bonds. The largest absolute Gasteiger partial charge is 0.481 e. The Kier molecular flexibility index (Phi) is 8.79. The van der Waals surface area contributed by atoms with Crippen LogP contribution in [-0.4, -0.2) is 28.4 Å². The number of aromatic nitrogens is 2. The van der Waals surface area contributed by atoms with E-state index >= 15 is 0 Å². The molecule has 0 fully saturated rings. The summed E-state index contributed by atoms with van der Waals surface area (Å²) in [6.07, 6.45) is 2.95. The SMILES string of the molecule is CCCc1nc2ccc(Br)cc2c(=O)n1N=Cc1cc(Cl)c(OCC(=O)Nc2ccc(C)cc2)c(Br)c1. The van der Waals surface area contributed by atoms with E-state index in [0.717, 1.165) is 16.5 Å². The summed E-state index contributed by atoms with van der Waals surface area (Å²) in [6.45, 7) is 3.78. The first-order valence-corrected chi connectivity index (χ1v) is 13.5. The molecule has 0 atom stereocenters. The van der Waals surface area contributed by atoms with Crippen molar-refractivity contribution in [2.75, 3.05) is 11.9 Å². The highest BCUT2D eigenvalue weighted by Crippen LogP contribution is 2.34. The predicted molar refractivity (Wildman–Crippen MR) is 155 cm³/mol. The number of halogens is 3. The van der Waals surface area contributed by atoms with Crippen molar-refractivity contribution in [1.29, 1.82) is 0 Å². The Balaban J connectivity index is 1.54. The summed E-state index contributed by atoms with van der Waals surface area (Å²) in [5.74, 6) is 0.595. The lowest BCUT2D eigenvalue weighted by atomic mass is 10.2. The molecule has 7 nitrogen and oxygen atoms in total. The molecule has 0 spiro atoms. The average Bonchev–Trinajstić information content (AvgIpc) is 2.85. The third kappa shape index (κ3) is 6.66. The van der Waals surface area contributed by atoms with Crippen LogP contribution in [0.4, 0.5) is 5.69 Å². The van der Waals surface area contributed by atoms with Crippen LogP contribution in [0.2, 0.25) is 5.02 Å². The number of hydrogen-bond donors (Lipinski definition) is 1. The van der Waals surface area contributed by atoms with Gasteiger partial charge in [0, 0.05) is 16.6 Å². The maximum Gasteiger partial charge on any atom is 0.282 e. The van der Waals surface area contributed by atoms with Crippen LogP contribution in [0.5, 0.6) is 5.75 Å². The van der Waals surface area contributed by atoms with Crippen molar-refractivity contribution >= 4 is 72.2 Å². The fourth-order valence-corrected chi connectivity index (χ4v) is 4.94. The number of nitrogens with one attached hydrogen (secondary N) is 1. The van der Waals surface area contributed by atoms with Crippen molar-refractivity contribution in [2.24, 2.45) is 5.10 Å². The van der Waals surface area contributed by atoms with Gasteiger partial charge in [-0.2, -0.15) is 9.78 Å². The molecule has 0 saturated heterocycles. The smallest absolute Gasteiger partial charge is 0.282 e. The molecule has 1 N–H and O–H groups in total. The molecule has 0 aliphatic heterocycles. The second-order valence-electron chi connectivity index (χ2n) is 8.32. The number of aryl methyl sites for hydroxylation is 2. The minimum absolute atomic E-state index is 0.215. The Morgan fingerprint density at radius 2 is 1.92 bits per heavy atom. The van der Waals surface area contributed by atoms with E-state index in [-0.39, 0.29) is 18.1 Å². The lowest BCUT2D eigenvalue weighted by molar-refractivity contribution is -0.118. The second kappa shape index (κ2) is 12.0. The maximum absolute atomic E-state index is 13.2. The highest BCUT2D eigenvalue weighted by Gasteiger charge is 2.13. The number of fused-ring (bicyclic) bond motifs is 1. The summed E-state index contributed by atoms with van der Waals surface area (Å²) in [7, 11) is 0. The number of carbonyl (C=O) groups is 1. The van der Waals surface area contributed by atoms with E-state index in [1.165, 1.54) is 10.9 Å². The number of carbonyl (C=O) groups excluding carboxylic acids is 1. The average molecular weight is 647 g/mol. The van der Waals surface area contributed by atoms with Gasteiger partial charge in [-0.15, -0.1) is 0 Å². The number of hydrogen-bond acceptors (Lipinski definition) is 5. The van der Waals surface area contributed by atoms with Gasteiger partial charge >= 0.3 is 0 Å². The van der Waals surface area contributed by atoms with Crippen molar-refractivity contribution in [3.05, 3.63) is 95.9 Å². The van der Waals surface area contributed by atoms with Gasteiger partial charge in [0.2, 0.25) is 0 Å². The molecule has 0 aliphatic carbocycles. The first kappa shape index (κ1) is 27.0. The normalized spacial score (nSPS) is 11.3. The summed E-state index contributed by atoms with van der Waals surface area (Å²) in [4.78, 5) is 30.1. The van der Waals surface area contributed by atoms with E-state index in [4.69, 9.17) is 16.3 Å². The number of benzene rings is 3. The third-order valence-electron chi connectivity index (χ3n) is 5.37. The van der Waals surface area contributed by atoms with Gasteiger partial charge in [-0.05, 0) is 77.3 Å². The number of ether oxygens (including phenoxy) is 1. The molecule has 0 radical (unpaired) electrons. The minimum atomic E-state index is -0.310. The summed E-state index contributed by atoms with van der Waals surface area (Å²) in [5, 5.41) is 7.97. The van der Waals surface area contributed by atoms with Crippen LogP contribution in [0.15, 0.2) is 73.4 Å². The van der Waals surface area contributed by atoms with Crippen molar-refractivity contribution in [3.63, 3.8) is 0 Å². The second-order valence-corrected chi connectivity index (χ2v) is 10.5. The standard InChI is InChI=1S/C27H23Br2ClN4O3/c1-3-4-24-33-23-10-7-18(28)13-20(23)27(36)34(24)31-14-17-11-21(29)26(22(30)12-17)37-15-25(35)32-19-8-5-16(2)6-9-19/h5-14H,3-4,15H2,1-2H3,(H,32,35). The molecule has 0 bridgehead atoms. The van der Waals surface area contributed by atoms with Crippen molar-refractivity contribution in [2.45, 2.75) is 26.7 Å². The molecule has 0 aliphatic rings. The van der Waals surface area contributed by atoms with Crippen molar-refractivity contribution in [3.8, 4) is 5.75 Å². The zero-order chi connectivity index (χ0) is 26.5. The lowest BCUT2D eigenvalue weighted by Gasteiger charge is -2.12. The summed E-state index contributed by atoms with van der Waals surface area (Å²) < 4.78 is 8.32.